The maximum Gasteiger partial charge on any atom is 0.230 e. The molecule has 0 saturated carbocycles. The highest BCUT2D eigenvalue weighted by Gasteiger charge is 2.08. The fourth-order valence-corrected chi connectivity index (χ4v) is 1.85. The SMILES string of the molecule is CCC(=O)n1ccc2cc(OC(C)C)ccc21. The Bertz CT molecular complexity index is 540. The van der Waals surface area contributed by atoms with Gasteiger partial charge in [-0.05, 0) is 38.1 Å². The standard InChI is InChI=1S/C14H17NO2/c1-4-14(16)15-8-7-11-9-12(17-10(2)3)5-6-13(11)15/h5-10H,4H2,1-3H3. The third-order valence-electron chi connectivity index (χ3n) is 2.60. The van der Waals surface area contributed by atoms with Gasteiger partial charge in [-0.1, -0.05) is 6.92 Å². The van der Waals surface area contributed by atoms with Crippen LogP contribution in [0.25, 0.3) is 10.9 Å². The van der Waals surface area contributed by atoms with Crippen LogP contribution in [0, 0.1) is 0 Å². The molecule has 1 aromatic carbocycles. The number of hydrogen-bond acceptors (Lipinski definition) is 2. The van der Waals surface area contributed by atoms with Gasteiger partial charge in [-0.3, -0.25) is 9.36 Å². The summed E-state index contributed by atoms with van der Waals surface area (Å²) in [4.78, 5) is 11.7. The first-order valence-corrected chi connectivity index (χ1v) is 5.92. The Balaban J connectivity index is 2.41. The molecule has 0 spiro atoms. The van der Waals surface area contributed by atoms with Crippen LogP contribution >= 0.6 is 0 Å². The number of benzene rings is 1. The second-order valence-corrected chi connectivity index (χ2v) is 4.32. The van der Waals surface area contributed by atoms with Crippen LogP contribution in [0.3, 0.4) is 0 Å². The third kappa shape index (κ3) is 2.33. The van der Waals surface area contributed by atoms with Crippen molar-refractivity contribution in [2.45, 2.75) is 33.3 Å². The van der Waals surface area contributed by atoms with Gasteiger partial charge < -0.3 is 4.74 Å². The van der Waals surface area contributed by atoms with Gasteiger partial charge in [0.05, 0.1) is 11.6 Å². The summed E-state index contributed by atoms with van der Waals surface area (Å²) in [5.74, 6) is 0.951. The maximum atomic E-state index is 11.7. The zero-order valence-electron chi connectivity index (χ0n) is 10.4. The zero-order chi connectivity index (χ0) is 12.4. The lowest BCUT2D eigenvalue weighted by atomic mass is 10.2. The number of hydrogen-bond donors (Lipinski definition) is 0. The Morgan fingerprint density at radius 3 is 2.76 bits per heavy atom. The van der Waals surface area contributed by atoms with Crippen molar-refractivity contribution < 1.29 is 9.53 Å². The van der Waals surface area contributed by atoms with E-state index in [1.807, 2.05) is 51.2 Å². The molecule has 3 nitrogen and oxygen atoms in total. The van der Waals surface area contributed by atoms with Crippen molar-refractivity contribution in [1.29, 1.82) is 0 Å². The molecule has 0 radical (unpaired) electrons. The van der Waals surface area contributed by atoms with Gasteiger partial charge in [-0.15, -0.1) is 0 Å². The molecule has 2 aromatic rings. The van der Waals surface area contributed by atoms with Crippen LogP contribution in [0.15, 0.2) is 30.5 Å². The minimum absolute atomic E-state index is 0.109. The zero-order valence-corrected chi connectivity index (χ0v) is 10.4. The van der Waals surface area contributed by atoms with Gasteiger partial charge in [0.1, 0.15) is 5.75 Å². The molecule has 17 heavy (non-hydrogen) atoms. The van der Waals surface area contributed by atoms with Crippen molar-refractivity contribution in [3.63, 3.8) is 0 Å². The first-order chi connectivity index (χ1) is 8.11. The molecule has 0 fully saturated rings. The molecular formula is C14H17NO2. The lowest BCUT2D eigenvalue weighted by Crippen LogP contribution is -2.07. The number of rotatable bonds is 3. The predicted molar refractivity (Wildman–Crippen MR) is 68.6 cm³/mol. The van der Waals surface area contributed by atoms with E-state index in [2.05, 4.69) is 0 Å². The summed E-state index contributed by atoms with van der Waals surface area (Å²) >= 11 is 0. The molecule has 0 amide bonds. The summed E-state index contributed by atoms with van der Waals surface area (Å²) in [6, 6.07) is 7.74. The second-order valence-electron chi connectivity index (χ2n) is 4.32. The molecule has 0 bridgehead atoms. The van der Waals surface area contributed by atoms with Crippen molar-refractivity contribution in [2.24, 2.45) is 0 Å². The Kier molecular flexibility index (Phi) is 3.18. The minimum Gasteiger partial charge on any atom is -0.491 e. The molecule has 0 atom stereocenters. The van der Waals surface area contributed by atoms with Gasteiger partial charge in [0, 0.05) is 18.0 Å². The van der Waals surface area contributed by atoms with Gasteiger partial charge >= 0.3 is 0 Å². The minimum atomic E-state index is 0.109. The highest BCUT2D eigenvalue weighted by Crippen LogP contribution is 2.23. The number of ether oxygens (including phenoxy) is 1. The first-order valence-electron chi connectivity index (χ1n) is 5.92. The lowest BCUT2D eigenvalue weighted by Gasteiger charge is -2.09. The highest BCUT2D eigenvalue weighted by molar-refractivity contribution is 5.92. The fraction of sp³-hybridized carbons (Fsp3) is 0.357. The van der Waals surface area contributed by atoms with E-state index in [0.717, 1.165) is 16.7 Å². The first kappa shape index (κ1) is 11.7. The Labute approximate surface area is 101 Å². The smallest absolute Gasteiger partial charge is 0.230 e. The van der Waals surface area contributed by atoms with Crippen LogP contribution < -0.4 is 4.74 Å². The Morgan fingerprint density at radius 2 is 2.12 bits per heavy atom. The quantitative estimate of drug-likeness (QED) is 0.809. The van der Waals surface area contributed by atoms with E-state index in [-0.39, 0.29) is 12.0 Å². The molecule has 0 saturated heterocycles. The van der Waals surface area contributed by atoms with Gasteiger partial charge in [0.2, 0.25) is 5.91 Å². The summed E-state index contributed by atoms with van der Waals surface area (Å²) in [5.41, 5.74) is 0.938. The van der Waals surface area contributed by atoms with E-state index in [1.165, 1.54) is 0 Å². The molecule has 1 aromatic heterocycles. The average Bonchev–Trinajstić information content (AvgIpc) is 2.70. The van der Waals surface area contributed by atoms with E-state index in [4.69, 9.17) is 4.74 Å². The molecule has 2 rings (SSSR count). The predicted octanol–water partition coefficient (Wildman–Crippen LogP) is 3.48. The number of aromatic nitrogens is 1. The Morgan fingerprint density at radius 1 is 1.35 bits per heavy atom. The van der Waals surface area contributed by atoms with Gasteiger partial charge in [0.25, 0.3) is 0 Å². The van der Waals surface area contributed by atoms with Crippen LogP contribution in [0.4, 0.5) is 0 Å². The molecule has 0 N–H and O–H groups in total. The molecule has 90 valence electrons. The molecule has 0 aliphatic carbocycles. The third-order valence-corrected chi connectivity index (χ3v) is 2.60. The van der Waals surface area contributed by atoms with Crippen molar-refractivity contribution in [1.82, 2.24) is 4.57 Å². The molecule has 0 unspecified atom stereocenters. The molecule has 1 heterocycles. The number of carbonyl (C=O) groups excluding carboxylic acids is 1. The normalized spacial score (nSPS) is 11.1. The molecule has 0 aliphatic rings. The topological polar surface area (TPSA) is 31.2 Å². The van der Waals surface area contributed by atoms with Crippen molar-refractivity contribution in [3.05, 3.63) is 30.5 Å². The largest absolute Gasteiger partial charge is 0.491 e. The van der Waals surface area contributed by atoms with Crippen LogP contribution in [0.1, 0.15) is 32.0 Å². The van der Waals surface area contributed by atoms with Crippen LogP contribution in [-0.2, 0) is 0 Å². The Hall–Kier alpha value is -1.77. The average molecular weight is 231 g/mol. The van der Waals surface area contributed by atoms with Crippen LogP contribution in [0.5, 0.6) is 5.75 Å². The second kappa shape index (κ2) is 4.62. The molecule has 3 heteroatoms. The number of fused-ring (bicyclic) bond motifs is 1. The summed E-state index contributed by atoms with van der Waals surface area (Å²) in [6.45, 7) is 5.86. The van der Waals surface area contributed by atoms with Crippen LogP contribution in [-0.4, -0.2) is 16.6 Å². The highest BCUT2D eigenvalue weighted by atomic mass is 16.5. The maximum absolute atomic E-state index is 11.7. The lowest BCUT2D eigenvalue weighted by molar-refractivity contribution is 0.0914. The van der Waals surface area contributed by atoms with Crippen LogP contribution in [0.2, 0.25) is 0 Å². The summed E-state index contributed by atoms with van der Waals surface area (Å²) < 4.78 is 7.31. The van der Waals surface area contributed by atoms with Gasteiger partial charge in [0.15, 0.2) is 0 Å². The van der Waals surface area contributed by atoms with E-state index in [0.29, 0.717) is 6.42 Å². The monoisotopic (exact) mass is 231 g/mol. The van der Waals surface area contributed by atoms with E-state index >= 15 is 0 Å². The summed E-state index contributed by atoms with van der Waals surface area (Å²) in [6.07, 6.45) is 2.48. The fourth-order valence-electron chi connectivity index (χ4n) is 1.85. The van der Waals surface area contributed by atoms with E-state index < -0.39 is 0 Å². The summed E-state index contributed by atoms with van der Waals surface area (Å²) in [7, 11) is 0. The van der Waals surface area contributed by atoms with Crippen molar-refractivity contribution >= 4 is 16.8 Å². The number of carbonyl (C=O) groups is 1. The number of nitrogens with zero attached hydrogens (tertiary/aromatic N) is 1. The van der Waals surface area contributed by atoms with Crippen molar-refractivity contribution in [2.75, 3.05) is 0 Å². The van der Waals surface area contributed by atoms with E-state index in [9.17, 15) is 4.79 Å². The van der Waals surface area contributed by atoms with Crippen molar-refractivity contribution in [3.8, 4) is 5.75 Å². The van der Waals surface area contributed by atoms with E-state index in [1.54, 1.807) is 4.57 Å². The van der Waals surface area contributed by atoms with Gasteiger partial charge in [-0.25, -0.2) is 0 Å². The van der Waals surface area contributed by atoms with Gasteiger partial charge in [-0.2, -0.15) is 0 Å². The summed E-state index contributed by atoms with van der Waals surface area (Å²) in [5, 5.41) is 1.03. The molecular weight excluding hydrogens is 214 g/mol. The molecule has 0 aliphatic heterocycles.